The van der Waals surface area contributed by atoms with Crippen LogP contribution in [0.3, 0.4) is 0 Å². The zero-order valence-corrected chi connectivity index (χ0v) is 12.1. The molecule has 1 N–H and O–H groups in total. The maximum Gasteiger partial charge on any atom is 0.139 e. The lowest BCUT2D eigenvalue weighted by molar-refractivity contribution is 0.306. The van der Waals surface area contributed by atoms with Gasteiger partial charge in [0, 0.05) is 29.3 Å². The molecule has 1 aliphatic carbocycles. The predicted octanol–water partition coefficient (Wildman–Crippen LogP) is 4.23. The van der Waals surface area contributed by atoms with Crippen molar-refractivity contribution in [1.82, 2.24) is 5.32 Å². The monoisotopic (exact) mass is 285 g/mol. The van der Waals surface area contributed by atoms with Crippen LogP contribution in [0.2, 0.25) is 0 Å². The quantitative estimate of drug-likeness (QED) is 0.642. The highest BCUT2D eigenvalue weighted by molar-refractivity contribution is 7.99. The molecule has 0 radical (unpaired) electrons. The number of halogens is 2. The minimum absolute atomic E-state index is 0.462. The smallest absolute Gasteiger partial charge is 0.139 e. The lowest BCUT2D eigenvalue weighted by atomic mass is 9.87. The Hall–Kier alpha value is -0.610. The summed E-state index contributed by atoms with van der Waals surface area (Å²) in [5.74, 6) is 0.647. The molecule has 0 heterocycles. The van der Waals surface area contributed by atoms with Crippen LogP contribution in [-0.4, -0.2) is 18.3 Å². The number of nitrogens with one attached hydrogen (secondary N) is 1. The van der Waals surface area contributed by atoms with Gasteiger partial charge in [-0.3, -0.25) is 0 Å². The van der Waals surface area contributed by atoms with E-state index >= 15 is 0 Å². The Morgan fingerprint density at radius 1 is 1.32 bits per heavy atom. The normalized spacial score (nSPS) is 23.5. The van der Waals surface area contributed by atoms with E-state index in [9.17, 15) is 8.78 Å². The Morgan fingerprint density at radius 3 is 2.89 bits per heavy atom. The van der Waals surface area contributed by atoms with Crippen LogP contribution < -0.4 is 5.32 Å². The first-order valence-corrected chi connectivity index (χ1v) is 7.95. The molecule has 1 aliphatic rings. The lowest BCUT2D eigenvalue weighted by Crippen LogP contribution is -2.34. The first-order valence-electron chi connectivity index (χ1n) is 6.96. The molecule has 0 aliphatic heterocycles. The molecule has 106 valence electrons. The summed E-state index contributed by atoms with van der Waals surface area (Å²) >= 11 is 1.44. The summed E-state index contributed by atoms with van der Waals surface area (Å²) in [7, 11) is 0. The van der Waals surface area contributed by atoms with Crippen LogP contribution in [0.5, 0.6) is 0 Å². The van der Waals surface area contributed by atoms with E-state index in [0.717, 1.165) is 24.3 Å². The first kappa shape index (κ1) is 14.8. The molecule has 19 heavy (non-hydrogen) atoms. The minimum atomic E-state index is -0.517. The highest BCUT2D eigenvalue weighted by atomic mass is 32.2. The molecule has 4 heteroatoms. The average Bonchev–Trinajstić information content (AvgIpc) is 2.37. The van der Waals surface area contributed by atoms with Crippen LogP contribution >= 0.6 is 11.8 Å². The van der Waals surface area contributed by atoms with Gasteiger partial charge in [-0.25, -0.2) is 8.78 Å². The van der Waals surface area contributed by atoms with Crippen molar-refractivity contribution in [2.24, 2.45) is 5.92 Å². The van der Waals surface area contributed by atoms with E-state index in [1.54, 1.807) is 0 Å². The molecule has 1 aromatic carbocycles. The Kier molecular flexibility index (Phi) is 5.64. The molecular formula is C15H21F2NS. The third-order valence-electron chi connectivity index (χ3n) is 3.62. The van der Waals surface area contributed by atoms with Gasteiger partial charge in [-0.05, 0) is 30.9 Å². The average molecular weight is 285 g/mol. The second-order valence-electron chi connectivity index (χ2n) is 5.35. The van der Waals surface area contributed by atoms with Crippen LogP contribution in [0, 0.1) is 17.6 Å². The number of benzene rings is 1. The van der Waals surface area contributed by atoms with Gasteiger partial charge in [-0.15, -0.1) is 11.8 Å². The molecule has 0 spiro atoms. The fourth-order valence-electron chi connectivity index (χ4n) is 2.64. The molecular weight excluding hydrogens is 264 g/mol. The van der Waals surface area contributed by atoms with E-state index in [0.29, 0.717) is 10.9 Å². The van der Waals surface area contributed by atoms with Gasteiger partial charge in [-0.1, -0.05) is 19.8 Å². The maximum atomic E-state index is 13.4. The van der Waals surface area contributed by atoms with Gasteiger partial charge in [0.25, 0.3) is 0 Å². The van der Waals surface area contributed by atoms with E-state index in [2.05, 4.69) is 12.2 Å². The third-order valence-corrected chi connectivity index (χ3v) is 4.67. The third kappa shape index (κ3) is 4.77. The van der Waals surface area contributed by atoms with Crippen molar-refractivity contribution in [2.75, 3.05) is 12.3 Å². The zero-order chi connectivity index (χ0) is 13.7. The summed E-state index contributed by atoms with van der Waals surface area (Å²) in [6.07, 6.45) is 5.14. The van der Waals surface area contributed by atoms with Crippen molar-refractivity contribution in [3.8, 4) is 0 Å². The molecule has 1 saturated carbocycles. The predicted molar refractivity (Wildman–Crippen MR) is 76.5 cm³/mol. The molecule has 1 nitrogen and oxygen atoms in total. The van der Waals surface area contributed by atoms with Gasteiger partial charge < -0.3 is 5.32 Å². The Balaban J connectivity index is 1.69. The molecule has 2 atom stereocenters. The maximum absolute atomic E-state index is 13.4. The largest absolute Gasteiger partial charge is 0.313 e. The summed E-state index contributed by atoms with van der Waals surface area (Å²) < 4.78 is 26.2. The van der Waals surface area contributed by atoms with Gasteiger partial charge in [0.2, 0.25) is 0 Å². The number of hydrogen-bond donors (Lipinski definition) is 1. The van der Waals surface area contributed by atoms with E-state index in [1.165, 1.54) is 49.6 Å². The van der Waals surface area contributed by atoms with E-state index in [4.69, 9.17) is 0 Å². The number of rotatable bonds is 5. The van der Waals surface area contributed by atoms with Crippen LogP contribution in [0.15, 0.2) is 23.1 Å². The van der Waals surface area contributed by atoms with Crippen LogP contribution in [-0.2, 0) is 0 Å². The summed E-state index contributed by atoms with van der Waals surface area (Å²) in [6.45, 7) is 3.18. The highest BCUT2D eigenvalue weighted by Gasteiger charge is 2.17. The van der Waals surface area contributed by atoms with Crippen molar-refractivity contribution in [3.05, 3.63) is 29.8 Å². The molecule has 0 saturated heterocycles. The number of hydrogen-bond acceptors (Lipinski definition) is 2. The fourth-order valence-corrected chi connectivity index (χ4v) is 3.44. The molecule has 0 amide bonds. The molecule has 2 unspecified atom stereocenters. The van der Waals surface area contributed by atoms with Gasteiger partial charge >= 0.3 is 0 Å². The summed E-state index contributed by atoms with van der Waals surface area (Å²) in [5, 5.41) is 3.54. The van der Waals surface area contributed by atoms with Crippen molar-refractivity contribution in [1.29, 1.82) is 0 Å². The summed E-state index contributed by atoms with van der Waals surface area (Å²) in [6, 6.07) is 4.38. The summed E-state index contributed by atoms with van der Waals surface area (Å²) in [4.78, 5) is 0.528. The summed E-state index contributed by atoms with van der Waals surface area (Å²) in [5.41, 5.74) is 0. The fraction of sp³-hybridized carbons (Fsp3) is 0.600. The van der Waals surface area contributed by atoms with Crippen LogP contribution in [0.4, 0.5) is 8.78 Å². The topological polar surface area (TPSA) is 12.0 Å². The van der Waals surface area contributed by atoms with E-state index in [-0.39, 0.29) is 0 Å². The van der Waals surface area contributed by atoms with Gasteiger partial charge in [0.1, 0.15) is 11.6 Å². The van der Waals surface area contributed by atoms with Crippen molar-refractivity contribution in [3.63, 3.8) is 0 Å². The van der Waals surface area contributed by atoms with E-state index < -0.39 is 11.6 Å². The standard InChI is InChI=1S/C15H21F2NS/c1-11-3-2-4-13(9-11)18-7-8-19-15-6-5-12(16)10-14(15)17/h5-6,10-11,13,18H,2-4,7-9H2,1H3. The van der Waals surface area contributed by atoms with Crippen molar-refractivity contribution >= 4 is 11.8 Å². The Labute approximate surface area is 118 Å². The van der Waals surface area contributed by atoms with Crippen molar-refractivity contribution < 1.29 is 8.78 Å². The molecule has 0 bridgehead atoms. The van der Waals surface area contributed by atoms with Crippen LogP contribution in [0.1, 0.15) is 32.6 Å². The Bertz CT molecular complexity index is 411. The minimum Gasteiger partial charge on any atom is -0.313 e. The van der Waals surface area contributed by atoms with Crippen molar-refractivity contribution in [2.45, 2.75) is 43.5 Å². The molecule has 0 aromatic heterocycles. The van der Waals surface area contributed by atoms with Gasteiger partial charge in [0.05, 0.1) is 0 Å². The van der Waals surface area contributed by atoms with E-state index in [1.807, 2.05) is 0 Å². The second-order valence-corrected chi connectivity index (χ2v) is 6.48. The number of thioether (sulfide) groups is 1. The SMILES string of the molecule is CC1CCCC(NCCSc2ccc(F)cc2F)C1. The Morgan fingerprint density at radius 2 is 2.16 bits per heavy atom. The van der Waals surface area contributed by atoms with Crippen LogP contribution in [0.25, 0.3) is 0 Å². The zero-order valence-electron chi connectivity index (χ0n) is 11.3. The second kappa shape index (κ2) is 7.25. The molecule has 2 rings (SSSR count). The molecule has 1 aromatic rings. The van der Waals surface area contributed by atoms with Gasteiger partial charge in [-0.2, -0.15) is 0 Å². The first-order chi connectivity index (χ1) is 9.15. The van der Waals surface area contributed by atoms with Gasteiger partial charge in [0.15, 0.2) is 0 Å². The molecule has 1 fully saturated rings. The highest BCUT2D eigenvalue weighted by Crippen LogP contribution is 2.24. The lowest BCUT2D eigenvalue weighted by Gasteiger charge is -2.27.